The van der Waals surface area contributed by atoms with Gasteiger partial charge in [-0.2, -0.15) is 10.4 Å². The number of fused-ring (bicyclic) bond motifs is 1. The molecule has 6 rings (SSSR count). The Hall–Kier alpha value is -3.92. The summed E-state index contributed by atoms with van der Waals surface area (Å²) in [5.41, 5.74) is 2.47. The molecule has 2 atom stereocenters. The third-order valence-corrected chi connectivity index (χ3v) is 10.9. The predicted molar refractivity (Wildman–Crippen MR) is 173 cm³/mol. The molecule has 0 radical (unpaired) electrons. The summed E-state index contributed by atoms with van der Waals surface area (Å²) in [6.07, 6.45) is 9.39. The van der Waals surface area contributed by atoms with Crippen LogP contribution in [0.1, 0.15) is 36.5 Å². The van der Waals surface area contributed by atoms with Crippen LogP contribution in [0.25, 0.3) is 22.3 Å². The van der Waals surface area contributed by atoms with Gasteiger partial charge < -0.3 is 14.2 Å². The van der Waals surface area contributed by atoms with Gasteiger partial charge in [0.15, 0.2) is 0 Å². The largest absolute Gasteiger partial charge is 0.361 e. The number of benzene rings is 1. The summed E-state index contributed by atoms with van der Waals surface area (Å²) < 4.78 is 23.6. The van der Waals surface area contributed by atoms with Crippen LogP contribution in [0.2, 0.25) is 25.7 Å². The van der Waals surface area contributed by atoms with E-state index in [4.69, 9.17) is 9.84 Å². The van der Waals surface area contributed by atoms with E-state index < -0.39 is 19.4 Å². The molecule has 1 amide bonds. The summed E-state index contributed by atoms with van der Waals surface area (Å²) in [5.74, 6) is -0.532. The Balaban J connectivity index is 1.12. The highest BCUT2D eigenvalue weighted by molar-refractivity contribution is 6.76. The summed E-state index contributed by atoms with van der Waals surface area (Å²) in [6, 6.07) is 11.7. The number of nitrogens with zero attached hydrogens (tertiary/aromatic N) is 8. The molecule has 0 saturated carbocycles. The van der Waals surface area contributed by atoms with Crippen molar-refractivity contribution in [3.63, 3.8) is 0 Å². The minimum atomic E-state index is -1.16. The number of aromatic nitrogens is 5. The van der Waals surface area contributed by atoms with Crippen molar-refractivity contribution in [2.45, 2.75) is 76.2 Å². The monoisotopic (exact) mass is 628 g/mol. The molecule has 3 aromatic heterocycles. The summed E-state index contributed by atoms with van der Waals surface area (Å²) in [7, 11) is -1.16. The van der Waals surface area contributed by atoms with Gasteiger partial charge in [-0.15, -0.1) is 0 Å². The van der Waals surface area contributed by atoms with Crippen LogP contribution in [-0.4, -0.2) is 86.4 Å². The van der Waals surface area contributed by atoms with Gasteiger partial charge in [-0.05, 0) is 50.1 Å². The third-order valence-electron chi connectivity index (χ3n) is 9.23. The molecule has 5 heterocycles. The second-order valence-electron chi connectivity index (χ2n) is 13.8. The first-order chi connectivity index (χ1) is 21.6. The molecule has 4 aromatic rings. The quantitative estimate of drug-likeness (QED) is 0.172. The fraction of sp³-hybridized carbons (Fsp3) is 0.485. The predicted octanol–water partition coefficient (Wildman–Crippen LogP) is 5.36. The molecule has 236 valence electrons. The summed E-state index contributed by atoms with van der Waals surface area (Å²) in [5, 5.41) is 15.5. The second-order valence-corrected chi connectivity index (χ2v) is 19.4. The summed E-state index contributed by atoms with van der Waals surface area (Å²) >= 11 is 0. The number of hydrogen-bond acceptors (Lipinski definition) is 7. The van der Waals surface area contributed by atoms with Crippen LogP contribution in [0.5, 0.6) is 0 Å². The van der Waals surface area contributed by atoms with E-state index in [1.54, 1.807) is 18.5 Å². The average molecular weight is 629 g/mol. The van der Waals surface area contributed by atoms with Gasteiger partial charge in [-0.1, -0.05) is 25.7 Å². The van der Waals surface area contributed by atoms with Crippen LogP contribution in [0.15, 0.2) is 55.2 Å². The maximum atomic E-state index is 13.7. The standard InChI is InChI=1S/C33H41FN8O2Si/c1-24-16-28(8-13-41(24)32(43)25-6-5-7-27(34)17-25)40-20-33(21-40,10-11-35)42-19-26(18-38-42)30-29-9-12-39(31(29)37-22-36-30)23-44-14-15-45(2,3)4/h5-7,9,12,17-19,22,24,28H,8,10,13-16,20-21,23H2,1-4H3. The van der Waals surface area contributed by atoms with Crippen molar-refractivity contribution in [1.82, 2.24) is 34.1 Å². The van der Waals surface area contributed by atoms with Crippen molar-refractivity contribution in [3.05, 3.63) is 66.6 Å². The molecular weight excluding hydrogens is 588 g/mol. The highest BCUT2D eigenvalue weighted by atomic mass is 28.3. The first kappa shape index (κ1) is 31.1. The number of halogens is 1. The zero-order valence-corrected chi connectivity index (χ0v) is 27.5. The van der Waals surface area contributed by atoms with Crippen molar-refractivity contribution in [1.29, 1.82) is 5.26 Å². The molecule has 2 aliphatic heterocycles. The van der Waals surface area contributed by atoms with Gasteiger partial charge in [-0.25, -0.2) is 14.4 Å². The Morgan fingerprint density at radius 2 is 2.04 bits per heavy atom. The molecule has 0 spiro atoms. The van der Waals surface area contributed by atoms with Gasteiger partial charge >= 0.3 is 0 Å². The van der Waals surface area contributed by atoms with Crippen LogP contribution >= 0.6 is 0 Å². The number of carbonyl (C=O) groups is 1. The Labute approximate surface area is 264 Å². The van der Waals surface area contributed by atoms with E-state index in [1.165, 1.54) is 12.1 Å². The van der Waals surface area contributed by atoms with Crippen LogP contribution < -0.4 is 0 Å². The molecule has 2 unspecified atom stereocenters. The van der Waals surface area contributed by atoms with Crippen molar-refractivity contribution < 1.29 is 13.9 Å². The van der Waals surface area contributed by atoms with Crippen LogP contribution in [0.4, 0.5) is 4.39 Å². The first-order valence-corrected chi connectivity index (χ1v) is 19.4. The smallest absolute Gasteiger partial charge is 0.254 e. The third kappa shape index (κ3) is 6.43. The van der Waals surface area contributed by atoms with Gasteiger partial charge in [0.1, 0.15) is 30.1 Å². The van der Waals surface area contributed by atoms with Gasteiger partial charge in [-0.3, -0.25) is 14.4 Å². The average Bonchev–Trinajstić information content (AvgIpc) is 3.64. The van der Waals surface area contributed by atoms with Crippen LogP contribution in [0.3, 0.4) is 0 Å². The van der Waals surface area contributed by atoms with Crippen molar-refractivity contribution in [2.24, 2.45) is 0 Å². The van der Waals surface area contributed by atoms with Gasteiger partial charge in [0, 0.05) is 75.3 Å². The number of amides is 1. The van der Waals surface area contributed by atoms with E-state index >= 15 is 0 Å². The van der Waals surface area contributed by atoms with Gasteiger partial charge in [0.2, 0.25) is 0 Å². The molecule has 2 aliphatic rings. The lowest BCUT2D eigenvalue weighted by Gasteiger charge is -2.54. The number of carbonyl (C=O) groups excluding carboxylic acids is 1. The molecule has 10 nitrogen and oxygen atoms in total. The fourth-order valence-electron chi connectivity index (χ4n) is 6.60. The highest BCUT2D eigenvalue weighted by Crippen LogP contribution is 2.38. The molecule has 1 aromatic carbocycles. The maximum absolute atomic E-state index is 13.7. The number of rotatable bonds is 10. The summed E-state index contributed by atoms with van der Waals surface area (Å²) in [4.78, 5) is 26.5. The Bertz CT molecular complexity index is 1720. The molecule has 0 N–H and O–H groups in total. The minimum absolute atomic E-state index is 0.0278. The Kier molecular flexibility index (Phi) is 8.61. The lowest BCUT2D eigenvalue weighted by Crippen LogP contribution is -2.67. The zero-order valence-electron chi connectivity index (χ0n) is 26.5. The number of piperidine rings is 1. The van der Waals surface area contributed by atoms with Crippen LogP contribution in [-0.2, 0) is 17.0 Å². The second kappa shape index (κ2) is 12.5. The topological polar surface area (TPSA) is 105 Å². The molecule has 2 saturated heterocycles. The van der Waals surface area contributed by atoms with Crippen molar-refractivity contribution in [2.75, 3.05) is 26.2 Å². The maximum Gasteiger partial charge on any atom is 0.254 e. The highest BCUT2D eigenvalue weighted by Gasteiger charge is 2.49. The minimum Gasteiger partial charge on any atom is -0.361 e. The normalized spacial score (nSPS) is 20.2. The first-order valence-electron chi connectivity index (χ1n) is 15.7. The summed E-state index contributed by atoms with van der Waals surface area (Å²) in [6.45, 7) is 12.3. The van der Waals surface area contributed by atoms with Crippen molar-refractivity contribution >= 4 is 25.0 Å². The molecule has 2 fully saturated rings. The number of ether oxygens (including phenoxy) is 1. The van der Waals surface area contributed by atoms with E-state index in [-0.39, 0.29) is 11.9 Å². The fourth-order valence-corrected chi connectivity index (χ4v) is 7.36. The molecular formula is C33H41FN8O2Si. The Morgan fingerprint density at radius 3 is 2.78 bits per heavy atom. The molecule has 45 heavy (non-hydrogen) atoms. The lowest BCUT2D eigenvalue weighted by atomic mass is 9.83. The molecule has 12 heteroatoms. The lowest BCUT2D eigenvalue weighted by molar-refractivity contribution is -0.0480. The number of hydrogen-bond donors (Lipinski definition) is 0. The van der Waals surface area contributed by atoms with E-state index in [9.17, 15) is 14.4 Å². The molecule has 0 bridgehead atoms. The van der Waals surface area contributed by atoms with Gasteiger partial charge in [0.05, 0.1) is 24.4 Å². The zero-order chi connectivity index (χ0) is 31.8. The number of likely N-dealkylation sites (tertiary alicyclic amines) is 2. The van der Waals surface area contributed by atoms with E-state index in [0.717, 1.165) is 47.8 Å². The molecule has 0 aliphatic carbocycles. The van der Waals surface area contributed by atoms with E-state index in [2.05, 4.69) is 47.5 Å². The SMILES string of the molecule is CC1CC(N2CC(CC#N)(n3cc(-c4ncnc5c4ccn5COCC[Si](C)(C)C)cn3)C2)CCN1C(=O)c1cccc(F)c1. The Morgan fingerprint density at radius 1 is 1.22 bits per heavy atom. The number of nitriles is 1. The van der Waals surface area contributed by atoms with E-state index in [0.29, 0.717) is 44.4 Å². The van der Waals surface area contributed by atoms with Crippen molar-refractivity contribution in [3.8, 4) is 17.3 Å². The van der Waals surface area contributed by atoms with E-state index in [1.807, 2.05) is 38.8 Å². The van der Waals surface area contributed by atoms with Crippen LogP contribution in [0, 0.1) is 17.1 Å². The van der Waals surface area contributed by atoms with Gasteiger partial charge in [0.25, 0.3) is 5.91 Å².